The number of fused-ring (bicyclic) bond motifs is 1. The molecule has 1 aliphatic rings. The van der Waals surface area contributed by atoms with E-state index in [0.29, 0.717) is 0 Å². The van der Waals surface area contributed by atoms with Crippen molar-refractivity contribution in [1.29, 1.82) is 0 Å². The summed E-state index contributed by atoms with van der Waals surface area (Å²) in [6.45, 7) is 2.87. The quantitative estimate of drug-likeness (QED) is 0.666. The van der Waals surface area contributed by atoms with Crippen LogP contribution in [0.4, 0.5) is 0 Å². The van der Waals surface area contributed by atoms with Gasteiger partial charge in [-0.2, -0.15) is 5.10 Å². The Morgan fingerprint density at radius 3 is 2.88 bits per heavy atom. The molecule has 0 bridgehead atoms. The van der Waals surface area contributed by atoms with Gasteiger partial charge in [-0.3, -0.25) is 4.90 Å². The number of hydrogen-bond donors (Lipinski definition) is 0. The van der Waals surface area contributed by atoms with Gasteiger partial charge in [0.1, 0.15) is 18.4 Å². The Balaban J connectivity index is 1.52. The summed E-state index contributed by atoms with van der Waals surface area (Å²) in [4.78, 5) is 7.78. The second-order valence-corrected chi connectivity index (χ2v) is 6.36. The molecular formula is C20H21N5O. The maximum Gasteiger partial charge on any atom is 0.139 e. The van der Waals surface area contributed by atoms with E-state index in [1.165, 1.54) is 22.2 Å². The van der Waals surface area contributed by atoms with Gasteiger partial charge in [0.25, 0.3) is 0 Å². The minimum atomic E-state index is 0.850. The molecule has 6 nitrogen and oxygen atoms in total. The lowest BCUT2D eigenvalue weighted by Gasteiger charge is -2.29. The fourth-order valence-corrected chi connectivity index (χ4v) is 3.32. The first-order chi connectivity index (χ1) is 12.8. The van der Waals surface area contributed by atoms with E-state index in [4.69, 9.17) is 4.74 Å². The first-order valence-corrected chi connectivity index (χ1v) is 8.67. The van der Waals surface area contributed by atoms with E-state index in [0.717, 1.165) is 42.9 Å². The minimum absolute atomic E-state index is 0.850. The molecule has 2 heterocycles. The lowest BCUT2D eigenvalue weighted by Crippen LogP contribution is -2.30. The van der Waals surface area contributed by atoms with Crippen molar-refractivity contribution >= 4 is 6.21 Å². The summed E-state index contributed by atoms with van der Waals surface area (Å²) in [5.74, 6) is 0.904. The van der Waals surface area contributed by atoms with Gasteiger partial charge in [-0.05, 0) is 41.3 Å². The molecule has 0 N–H and O–H groups in total. The third-order valence-electron chi connectivity index (χ3n) is 4.64. The van der Waals surface area contributed by atoms with Gasteiger partial charge in [0.15, 0.2) is 0 Å². The number of methoxy groups -OCH3 is 1. The van der Waals surface area contributed by atoms with Crippen LogP contribution in [-0.4, -0.2) is 39.6 Å². The number of nitrogens with zero attached hydrogens (tertiary/aromatic N) is 5. The molecular weight excluding hydrogens is 326 g/mol. The molecule has 4 rings (SSSR count). The average Bonchev–Trinajstić information content (AvgIpc) is 3.20. The molecule has 0 fully saturated rings. The van der Waals surface area contributed by atoms with Crippen molar-refractivity contribution in [2.75, 3.05) is 13.7 Å². The van der Waals surface area contributed by atoms with Crippen molar-refractivity contribution in [3.63, 3.8) is 0 Å². The molecule has 1 aromatic heterocycles. The van der Waals surface area contributed by atoms with Gasteiger partial charge < -0.3 is 4.74 Å². The fraction of sp³-hybridized carbons (Fsp3) is 0.250. The highest BCUT2D eigenvalue weighted by Crippen LogP contribution is 2.25. The Labute approximate surface area is 152 Å². The van der Waals surface area contributed by atoms with E-state index in [1.807, 2.05) is 12.1 Å². The van der Waals surface area contributed by atoms with E-state index in [1.54, 1.807) is 19.7 Å². The number of aromatic nitrogens is 3. The Kier molecular flexibility index (Phi) is 4.75. The molecule has 132 valence electrons. The second-order valence-electron chi connectivity index (χ2n) is 6.36. The molecule has 0 atom stereocenters. The average molecular weight is 347 g/mol. The van der Waals surface area contributed by atoms with Crippen LogP contribution in [0.3, 0.4) is 0 Å². The van der Waals surface area contributed by atoms with Crippen molar-refractivity contribution in [2.45, 2.75) is 19.5 Å². The zero-order valence-electron chi connectivity index (χ0n) is 14.7. The Bertz CT molecular complexity index is 904. The van der Waals surface area contributed by atoms with Crippen LogP contribution in [0, 0.1) is 0 Å². The molecule has 26 heavy (non-hydrogen) atoms. The van der Waals surface area contributed by atoms with Crippen LogP contribution in [0.15, 0.2) is 60.2 Å². The van der Waals surface area contributed by atoms with E-state index < -0.39 is 0 Å². The molecule has 0 radical (unpaired) electrons. The zero-order chi connectivity index (χ0) is 17.8. The van der Waals surface area contributed by atoms with Gasteiger partial charge in [-0.25, -0.2) is 4.98 Å². The predicted octanol–water partition coefficient (Wildman–Crippen LogP) is 2.73. The normalized spacial score (nSPS) is 14.5. The highest BCUT2D eigenvalue weighted by atomic mass is 16.5. The summed E-state index contributed by atoms with van der Waals surface area (Å²) in [5.41, 5.74) is 5.05. The minimum Gasteiger partial charge on any atom is -0.496 e. The first kappa shape index (κ1) is 16.5. The van der Waals surface area contributed by atoms with Gasteiger partial charge >= 0.3 is 0 Å². The largest absolute Gasteiger partial charge is 0.496 e. The van der Waals surface area contributed by atoms with E-state index in [-0.39, 0.29) is 0 Å². The summed E-state index contributed by atoms with van der Waals surface area (Å²) in [7, 11) is 1.72. The SMILES string of the molecule is COc1ccc(C=Nn2cncn2)cc1CN1CCc2ccccc2C1. The molecule has 0 spiro atoms. The molecule has 1 aliphatic heterocycles. The highest BCUT2D eigenvalue weighted by molar-refractivity contribution is 5.80. The molecule has 0 saturated carbocycles. The summed E-state index contributed by atoms with van der Waals surface area (Å²) in [5, 5.41) is 8.25. The number of hydrogen-bond acceptors (Lipinski definition) is 5. The monoisotopic (exact) mass is 347 g/mol. The Morgan fingerprint density at radius 2 is 2.08 bits per heavy atom. The summed E-state index contributed by atoms with van der Waals surface area (Å²) in [6, 6.07) is 14.8. The van der Waals surface area contributed by atoms with Crippen LogP contribution >= 0.6 is 0 Å². The van der Waals surface area contributed by atoms with Gasteiger partial charge in [0.2, 0.25) is 0 Å². The number of ether oxygens (including phenoxy) is 1. The number of rotatable bonds is 5. The van der Waals surface area contributed by atoms with Crippen LogP contribution in [0.5, 0.6) is 5.75 Å². The van der Waals surface area contributed by atoms with Crippen LogP contribution in [0.2, 0.25) is 0 Å². The maximum absolute atomic E-state index is 5.56. The molecule has 0 saturated heterocycles. The molecule has 0 aliphatic carbocycles. The molecule has 0 amide bonds. The Hall–Kier alpha value is -2.99. The van der Waals surface area contributed by atoms with Gasteiger partial charge in [-0.15, -0.1) is 9.89 Å². The van der Waals surface area contributed by atoms with Crippen molar-refractivity contribution in [3.05, 3.63) is 77.4 Å². The third kappa shape index (κ3) is 3.65. The predicted molar refractivity (Wildman–Crippen MR) is 100 cm³/mol. The van der Waals surface area contributed by atoms with Crippen LogP contribution < -0.4 is 4.74 Å². The summed E-state index contributed by atoms with van der Waals surface area (Å²) >= 11 is 0. The van der Waals surface area contributed by atoms with Gasteiger partial charge in [0, 0.05) is 25.2 Å². The lowest BCUT2D eigenvalue weighted by atomic mass is 9.99. The molecule has 6 heteroatoms. The van der Waals surface area contributed by atoms with Gasteiger partial charge in [-0.1, -0.05) is 24.3 Å². The summed E-state index contributed by atoms with van der Waals surface area (Å²) in [6.07, 6.45) is 5.89. The molecule has 2 aromatic carbocycles. The van der Waals surface area contributed by atoms with Crippen molar-refractivity contribution in [1.82, 2.24) is 19.8 Å². The van der Waals surface area contributed by atoms with Crippen molar-refractivity contribution < 1.29 is 4.74 Å². The summed E-state index contributed by atoms with van der Waals surface area (Å²) < 4.78 is 5.56. The smallest absolute Gasteiger partial charge is 0.139 e. The highest BCUT2D eigenvalue weighted by Gasteiger charge is 2.17. The first-order valence-electron chi connectivity index (χ1n) is 8.67. The third-order valence-corrected chi connectivity index (χ3v) is 4.64. The van der Waals surface area contributed by atoms with Crippen LogP contribution in [0.25, 0.3) is 0 Å². The Morgan fingerprint density at radius 1 is 1.19 bits per heavy atom. The maximum atomic E-state index is 5.56. The number of benzene rings is 2. The van der Waals surface area contributed by atoms with E-state index >= 15 is 0 Å². The zero-order valence-corrected chi connectivity index (χ0v) is 14.7. The van der Waals surface area contributed by atoms with E-state index in [2.05, 4.69) is 50.4 Å². The van der Waals surface area contributed by atoms with Crippen LogP contribution in [-0.2, 0) is 19.5 Å². The van der Waals surface area contributed by atoms with Crippen LogP contribution in [0.1, 0.15) is 22.3 Å². The fourth-order valence-electron chi connectivity index (χ4n) is 3.32. The van der Waals surface area contributed by atoms with E-state index in [9.17, 15) is 0 Å². The topological polar surface area (TPSA) is 55.5 Å². The standard InChI is InChI=1S/C20H21N5O/c1-26-20-7-6-16(11-22-25-15-21-14-23-25)10-19(20)13-24-9-8-17-4-2-3-5-18(17)12-24/h2-7,10-11,14-15H,8-9,12-13H2,1H3. The van der Waals surface area contributed by atoms with Crippen molar-refractivity contribution in [3.8, 4) is 5.75 Å². The van der Waals surface area contributed by atoms with Gasteiger partial charge in [0.05, 0.1) is 13.3 Å². The lowest BCUT2D eigenvalue weighted by molar-refractivity contribution is 0.241. The molecule has 3 aromatic rings. The molecule has 0 unspecified atom stereocenters. The van der Waals surface area contributed by atoms with Crippen molar-refractivity contribution in [2.24, 2.45) is 5.10 Å². The second kappa shape index (κ2) is 7.49.